The van der Waals surface area contributed by atoms with Crippen LogP contribution >= 0.6 is 0 Å². The van der Waals surface area contributed by atoms with Crippen LogP contribution in [0.15, 0.2) is 111 Å². The van der Waals surface area contributed by atoms with Gasteiger partial charge in [0.25, 0.3) is 0 Å². The third kappa shape index (κ3) is 49.3. The van der Waals surface area contributed by atoms with Crippen molar-refractivity contribution in [3.8, 4) is 24.3 Å². The fourth-order valence-corrected chi connectivity index (χ4v) is 8.64. The number of carboxylic acids is 5. The summed E-state index contributed by atoms with van der Waals surface area (Å²) in [6.45, 7) is 18.6. The molecule has 10 heterocycles. The number of hydrogen-bond acceptors (Lipinski definition) is 28. The van der Waals surface area contributed by atoms with Gasteiger partial charge in [-0.1, -0.05) is 12.1 Å². The molecule has 0 saturated carbocycles. The predicted octanol–water partition coefficient (Wildman–Crippen LogP) is -1.35. The van der Waals surface area contributed by atoms with Crippen molar-refractivity contribution in [2.24, 2.45) is 56.4 Å². The van der Waals surface area contributed by atoms with Crippen molar-refractivity contribution in [2.45, 2.75) is 141 Å². The van der Waals surface area contributed by atoms with Gasteiger partial charge < -0.3 is 106 Å². The van der Waals surface area contributed by atoms with E-state index in [1.165, 1.54) is 27.7 Å². The Morgan fingerprint density at radius 2 is 0.445 bits per heavy atom. The van der Waals surface area contributed by atoms with Gasteiger partial charge in [0.1, 0.15) is 46.6 Å². The number of carbonyl (C=O) groups excluding carboxylic acids is 5. The molecule has 0 unspecified atom stereocenters. The van der Waals surface area contributed by atoms with Crippen LogP contribution in [0.3, 0.4) is 0 Å². The molecule has 0 amide bonds. The van der Waals surface area contributed by atoms with Gasteiger partial charge in [-0.25, -0.2) is 39.9 Å². The van der Waals surface area contributed by atoms with Crippen molar-refractivity contribution >= 4 is 29.8 Å². The molecule has 0 bridgehead atoms. The molecule has 0 spiro atoms. The predicted molar refractivity (Wildman–Crippen MR) is 371 cm³/mol. The molecular weight excluding hydrogens is 1590 g/mol. The van der Waals surface area contributed by atoms with Crippen molar-refractivity contribution < 1.29 is 118 Å². The van der Waals surface area contributed by atoms with E-state index in [2.05, 4.69) is 92.0 Å². The monoisotopic (exact) mass is 1690 g/mol. The fraction of sp³-hybridized carbons (Fsp3) is 0.426. The van der Waals surface area contributed by atoms with Crippen molar-refractivity contribution in [3.63, 3.8) is 0 Å². The van der Waals surface area contributed by atoms with Gasteiger partial charge in [0.05, 0.1) is 76.6 Å². The number of aliphatic carboxylic acids is 5. The minimum atomic E-state index is -1.08. The smallest absolute Gasteiger partial charge is 0.578 e. The first-order valence-electron chi connectivity index (χ1n) is 31.9. The number of carbonyl (C=O) groups is 5. The number of nitrogens with zero attached hydrogens (tertiary/aromatic N) is 28. The van der Waals surface area contributed by atoms with Gasteiger partial charge in [0.2, 0.25) is 0 Å². The van der Waals surface area contributed by atoms with Crippen LogP contribution in [0.2, 0.25) is 0 Å². The second-order valence-corrected chi connectivity index (χ2v) is 22.2. The third-order valence-corrected chi connectivity index (χ3v) is 13.1. The van der Waals surface area contributed by atoms with E-state index in [1.807, 2.05) is 192 Å². The summed E-state index contributed by atoms with van der Waals surface area (Å²) in [5, 5.41) is 91.8. The molecule has 10 rings (SSSR count). The Labute approximate surface area is 683 Å². The summed E-state index contributed by atoms with van der Waals surface area (Å²) in [6.07, 6.45) is 30.3. The van der Waals surface area contributed by atoms with Crippen LogP contribution in [0.5, 0.6) is 0 Å². The Kier molecular flexibility index (Phi) is 61.1. The maximum Gasteiger partial charge on any atom is 2.00 e. The summed E-state index contributed by atoms with van der Waals surface area (Å²) in [5.74, 6) is 2.51. The number of aromatic nitrogens is 20. The van der Waals surface area contributed by atoms with E-state index in [-0.39, 0.29) is 68.3 Å². The first-order chi connectivity index (χ1) is 50.2. The minimum absolute atomic E-state index is 0. The van der Waals surface area contributed by atoms with E-state index in [0.29, 0.717) is 78.5 Å². The Bertz CT molecular complexity index is 3570. The summed E-state index contributed by atoms with van der Waals surface area (Å²) >= 11 is 0. The van der Waals surface area contributed by atoms with Crippen molar-refractivity contribution in [3.05, 3.63) is 181 Å². The molecule has 10 aromatic heterocycles. The van der Waals surface area contributed by atoms with Crippen LogP contribution in [0, 0.1) is 45.3 Å². The molecule has 0 N–H and O–H groups in total. The quantitative estimate of drug-likeness (QED) is 0.0631. The van der Waals surface area contributed by atoms with Gasteiger partial charge in [-0.2, -0.15) is 21.0 Å². The van der Waals surface area contributed by atoms with Crippen LogP contribution in [0.4, 0.5) is 0 Å². The van der Waals surface area contributed by atoms with E-state index in [1.54, 1.807) is 24.3 Å². The normalized spacial score (nSPS) is 9.39. The molecule has 10 aromatic rings. The summed E-state index contributed by atoms with van der Waals surface area (Å²) in [6, 6.07) is 11.2. The first kappa shape index (κ1) is 108. The van der Waals surface area contributed by atoms with Gasteiger partial charge >= 0.3 is 51.2 Å². The number of nitriles is 4. The molecule has 0 fully saturated rings. The number of carboxylic acid groups (broad SMARTS) is 5. The fourth-order valence-electron chi connectivity index (χ4n) is 8.64. The molecule has 0 atom stereocenters. The second-order valence-electron chi connectivity index (χ2n) is 22.2. The first-order valence-corrected chi connectivity index (χ1v) is 31.9. The summed E-state index contributed by atoms with van der Waals surface area (Å²) in [4.78, 5) is 89.7. The van der Waals surface area contributed by atoms with E-state index >= 15 is 0 Å². The molecule has 0 aliphatic rings. The molecule has 0 aromatic carbocycles. The van der Waals surface area contributed by atoms with Crippen molar-refractivity contribution in [2.75, 3.05) is 0 Å². The molecule has 0 aliphatic carbocycles. The van der Waals surface area contributed by atoms with Crippen molar-refractivity contribution in [1.82, 2.24) is 116 Å². The Balaban J connectivity index is -0.000000469. The zero-order valence-electron chi connectivity index (χ0n) is 64.4. The third-order valence-electron chi connectivity index (χ3n) is 13.1. The average molecular weight is 1690 g/mol. The van der Waals surface area contributed by atoms with Crippen LogP contribution < -0.4 is 35.7 Å². The van der Waals surface area contributed by atoms with E-state index in [4.69, 9.17) is 70.6 Å². The SMILES string of the molecule is CC#N.CC#N.CC#N.CC#N.CC(=O)[O-].CC(=O)[O-].CC(=O)[O-].CC(=O)[O-].CC(=O)[O-].Cn1ccnc1CN(Cc1cc(CN(Cc2nccn2C)Cc2nccn2C)[n-]n1)Cc1nccn1C.Cn1ccnc1CN(Cc1cc(CN(Cc2nccn2C)Cc2nccn2C)[n-]n1)Cc1nccn1C.[Fe+2].[Fe+2].[Fe+2].[Fe]. The van der Waals surface area contributed by atoms with Gasteiger partial charge in [-0.05, 0) is 34.6 Å². The summed E-state index contributed by atoms with van der Waals surface area (Å²) in [5.41, 5.74) is 3.69. The van der Waals surface area contributed by atoms with Crippen LogP contribution in [-0.2, 0) is 227 Å². The molecule has 0 saturated heterocycles. The second kappa shape index (κ2) is 62.2. The number of aryl methyl sites for hydroxylation is 8. The standard InChI is InChI=1S/2C25H33N12.4C2H3N.5C2H4O2.4Fe/c2*1-32-9-5-26-22(32)16-36(17-23-27-6-10-33(23)2)14-20-13-21(31-30-20)15-37(18-24-28-7-11-34(24)3)19-25-29-8-12-35(25)4;4*1-2-3;5*1-2(3)4;;;;/h2*5-13H,14-19H2,1-4H3;4*1H3;5*1H3,(H,3,4);;;;/q2*-1;;;;;;;;;;;3*+2/p-5. The molecule has 0 radical (unpaired) electrons. The summed E-state index contributed by atoms with van der Waals surface area (Å²) < 4.78 is 16.3. The summed E-state index contributed by atoms with van der Waals surface area (Å²) in [7, 11) is 16.1. The van der Waals surface area contributed by atoms with Gasteiger partial charge in [-0.3, -0.25) is 19.6 Å². The zero-order chi connectivity index (χ0) is 80.3. The van der Waals surface area contributed by atoms with E-state index < -0.39 is 29.8 Å². The topological polar surface area (TPSA) is 505 Å². The minimum Gasteiger partial charge on any atom is -0.578 e. The maximum absolute atomic E-state index is 8.89. The van der Waals surface area contributed by atoms with Crippen LogP contribution in [0.25, 0.3) is 0 Å². The Hall–Kier alpha value is -10.7. The van der Waals surface area contributed by atoms with Gasteiger partial charge in [0.15, 0.2) is 0 Å². The molecule has 42 heteroatoms. The molecule has 38 nitrogen and oxygen atoms in total. The maximum atomic E-state index is 8.89. The zero-order valence-corrected chi connectivity index (χ0v) is 68.8. The molecule has 110 heavy (non-hydrogen) atoms. The molecular formula is C68H93Fe4N28O10-. The van der Waals surface area contributed by atoms with E-state index in [9.17, 15) is 0 Å². The van der Waals surface area contributed by atoms with E-state index in [0.717, 1.165) is 104 Å². The number of imidazole rings is 8. The van der Waals surface area contributed by atoms with Crippen LogP contribution in [-0.4, -0.2) is 136 Å². The van der Waals surface area contributed by atoms with Gasteiger partial charge in [-0.15, -0.1) is 11.4 Å². The Morgan fingerprint density at radius 1 is 0.318 bits per heavy atom. The van der Waals surface area contributed by atoms with Gasteiger partial charge in [0, 0.05) is 268 Å². The molecule has 598 valence electrons. The largest absolute Gasteiger partial charge is 2.00 e. The van der Waals surface area contributed by atoms with Crippen molar-refractivity contribution in [1.29, 1.82) is 21.0 Å². The average Bonchev–Trinajstić information content (AvgIpc) is 1.70. The van der Waals surface area contributed by atoms with Crippen LogP contribution in [0.1, 0.15) is 132 Å². The molecule has 0 aliphatic heterocycles. The Morgan fingerprint density at radius 3 is 0.564 bits per heavy atom. The number of rotatable bonds is 24. The number of hydrogen-bond donors (Lipinski definition) is 0.